The molecular weight excluding hydrogens is 309 g/mol. The van der Waals surface area contributed by atoms with Crippen LogP contribution in [0.5, 0.6) is 5.75 Å². The molecule has 0 aromatic heterocycles. The molecule has 1 aromatic rings. The van der Waals surface area contributed by atoms with E-state index in [4.69, 9.17) is 0 Å². The molecule has 9 heteroatoms. The molecule has 116 valence electrons. The minimum Gasteiger partial charge on any atom is -0.404 e. The third-order valence-corrected chi connectivity index (χ3v) is 5.55. The summed E-state index contributed by atoms with van der Waals surface area (Å²) in [5.41, 5.74) is -0.0487. The van der Waals surface area contributed by atoms with Crippen LogP contribution in [0.3, 0.4) is 0 Å². The quantitative estimate of drug-likeness (QED) is 0.908. The standard InChI is InChI=1S/C12H13F3N2O3S/c13-12(14,15)20-9-3-1-2-4-10(9)21(18,19)17-7-11(8-17)5-16-6-11/h1-4,16H,5-8H2. The Hall–Kier alpha value is -1.32. The molecule has 5 nitrogen and oxygen atoms in total. The Balaban J connectivity index is 1.86. The van der Waals surface area contributed by atoms with E-state index in [1.54, 1.807) is 0 Å². The fourth-order valence-corrected chi connectivity index (χ4v) is 4.37. The van der Waals surface area contributed by atoms with Gasteiger partial charge in [-0.25, -0.2) is 8.42 Å². The summed E-state index contributed by atoms with van der Waals surface area (Å²) in [4.78, 5) is -0.454. The van der Waals surface area contributed by atoms with Gasteiger partial charge < -0.3 is 10.1 Å². The van der Waals surface area contributed by atoms with Crippen molar-refractivity contribution in [1.82, 2.24) is 9.62 Å². The molecule has 2 aliphatic heterocycles. The zero-order chi connectivity index (χ0) is 15.3. The molecule has 0 amide bonds. The lowest BCUT2D eigenvalue weighted by Gasteiger charge is -2.55. The zero-order valence-corrected chi connectivity index (χ0v) is 11.7. The van der Waals surface area contributed by atoms with Crippen molar-refractivity contribution in [3.63, 3.8) is 0 Å². The number of halogens is 3. The van der Waals surface area contributed by atoms with Gasteiger partial charge in [0.2, 0.25) is 10.0 Å². The van der Waals surface area contributed by atoms with E-state index in [1.165, 1.54) is 16.4 Å². The van der Waals surface area contributed by atoms with Crippen LogP contribution in [0.1, 0.15) is 0 Å². The van der Waals surface area contributed by atoms with Crippen molar-refractivity contribution in [2.45, 2.75) is 11.3 Å². The molecule has 3 rings (SSSR count). The molecule has 0 radical (unpaired) electrons. The van der Waals surface area contributed by atoms with Crippen LogP contribution in [0.2, 0.25) is 0 Å². The fraction of sp³-hybridized carbons (Fsp3) is 0.500. The van der Waals surface area contributed by atoms with Gasteiger partial charge in [0.1, 0.15) is 10.6 Å². The smallest absolute Gasteiger partial charge is 0.404 e. The van der Waals surface area contributed by atoms with Gasteiger partial charge in [0.05, 0.1) is 0 Å². The lowest BCUT2D eigenvalue weighted by molar-refractivity contribution is -0.275. The zero-order valence-electron chi connectivity index (χ0n) is 10.9. The highest BCUT2D eigenvalue weighted by Crippen LogP contribution is 2.40. The van der Waals surface area contributed by atoms with E-state index in [-0.39, 0.29) is 5.41 Å². The van der Waals surface area contributed by atoms with Crippen molar-refractivity contribution < 1.29 is 26.3 Å². The number of hydrogen-bond acceptors (Lipinski definition) is 4. The van der Waals surface area contributed by atoms with Gasteiger partial charge in [-0.15, -0.1) is 13.2 Å². The summed E-state index contributed by atoms with van der Waals surface area (Å²) in [5.74, 6) is -0.697. The number of ether oxygens (including phenoxy) is 1. The number of nitrogens with one attached hydrogen (secondary N) is 1. The van der Waals surface area contributed by atoms with Crippen LogP contribution in [0.15, 0.2) is 29.2 Å². The van der Waals surface area contributed by atoms with Crippen LogP contribution >= 0.6 is 0 Å². The second-order valence-corrected chi connectivity index (χ2v) is 7.28. The molecule has 1 aromatic carbocycles. The molecule has 0 aliphatic carbocycles. The number of hydrogen-bond donors (Lipinski definition) is 1. The molecule has 21 heavy (non-hydrogen) atoms. The maximum Gasteiger partial charge on any atom is 0.573 e. The SMILES string of the molecule is O=S(=O)(c1ccccc1OC(F)(F)F)N1CC2(CNC2)C1. The molecule has 1 spiro atoms. The highest BCUT2D eigenvalue weighted by atomic mass is 32.2. The summed E-state index contributed by atoms with van der Waals surface area (Å²) < 4.78 is 66.9. The Bertz CT molecular complexity index is 648. The summed E-state index contributed by atoms with van der Waals surface area (Å²) >= 11 is 0. The lowest BCUT2D eigenvalue weighted by Crippen LogP contribution is -2.71. The average Bonchev–Trinajstić information content (AvgIpc) is 2.22. The van der Waals surface area contributed by atoms with Crippen LogP contribution in [0, 0.1) is 5.41 Å². The minimum atomic E-state index is -4.93. The number of para-hydroxylation sites is 1. The van der Waals surface area contributed by atoms with Crippen molar-refractivity contribution >= 4 is 10.0 Å². The van der Waals surface area contributed by atoms with Crippen molar-refractivity contribution in [3.8, 4) is 5.75 Å². The predicted octanol–water partition coefficient (Wildman–Crippen LogP) is 1.18. The van der Waals surface area contributed by atoms with Gasteiger partial charge >= 0.3 is 6.36 Å². The second-order valence-electron chi connectivity index (χ2n) is 5.37. The highest BCUT2D eigenvalue weighted by Gasteiger charge is 2.52. The van der Waals surface area contributed by atoms with Gasteiger partial charge in [0, 0.05) is 31.6 Å². The fourth-order valence-electron chi connectivity index (χ4n) is 2.59. The molecule has 0 bridgehead atoms. The molecule has 0 unspecified atom stereocenters. The van der Waals surface area contributed by atoms with Gasteiger partial charge in [-0.2, -0.15) is 4.31 Å². The summed E-state index contributed by atoms with van der Waals surface area (Å²) in [7, 11) is -3.97. The van der Waals surface area contributed by atoms with Gasteiger partial charge in [-0.3, -0.25) is 0 Å². The Morgan fingerprint density at radius 1 is 1.19 bits per heavy atom. The van der Waals surface area contributed by atoms with E-state index in [1.807, 2.05) is 0 Å². The number of alkyl halides is 3. The van der Waals surface area contributed by atoms with Gasteiger partial charge in [0.25, 0.3) is 0 Å². The number of nitrogens with zero attached hydrogens (tertiary/aromatic N) is 1. The second kappa shape index (κ2) is 4.59. The average molecular weight is 322 g/mol. The minimum absolute atomic E-state index is 0.0487. The van der Waals surface area contributed by atoms with E-state index < -0.39 is 27.0 Å². The molecule has 0 atom stereocenters. The third kappa shape index (κ3) is 2.60. The number of benzene rings is 1. The van der Waals surface area contributed by atoms with Gasteiger partial charge in [-0.1, -0.05) is 12.1 Å². The van der Waals surface area contributed by atoms with Crippen LogP contribution in [0.4, 0.5) is 13.2 Å². The van der Waals surface area contributed by atoms with Gasteiger partial charge in [-0.05, 0) is 12.1 Å². The predicted molar refractivity (Wildman–Crippen MR) is 67.2 cm³/mol. The van der Waals surface area contributed by atoms with Crippen LogP contribution in [-0.4, -0.2) is 45.3 Å². The van der Waals surface area contributed by atoms with Crippen LogP contribution < -0.4 is 10.1 Å². The molecule has 1 N–H and O–H groups in total. The van der Waals surface area contributed by atoms with Gasteiger partial charge in [0.15, 0.2) is 0 Å². The van der Waals surface area contributed by atoms with Crippen molar-refractivity contribution in [2.75, 3.05) is 26.2 Å². The summed E-state index contributed by atoms with van der Waals surface area (Å²) in [6.45, 7) is 2.12. The maximum absolute atomic E-state index is 12.4. The Morgan fingerprint density at radius 2 is 1.81 bits per heavy atom. The third-order valence-electron chi connectivity index (χ3n) is 3.72. The summed E-state index contributed by atoms with van der Waals surface area (Å²) in [6, 6.07) is 4.80. The monoisotopic (exact) mass is 322 g/mol. The first-order valence-corrected chi connectivity index (χ1v) is 7.72. The van der Waals surface area contributed by atoms with E-state index in [2.05, 4.69) is 10.1 Å². The Labute approximate surface area is 119 Å². The molecular formula is C12H13F3N2O3S. The van der Waals surface area contributed by atoms with E-state index in [0.717, 1.165) is 25.2 Å². The molecule has 2 heterocycles. The topological polar surface area (TPSA) is 58.6 Å². The molecule has 2 saturated heterocycles. The Kier molecular flexibility index (Phi) is 3.19. The first-order valence-electron chi connectivity index (χ1n) is 6.28. The highest BCUT2D eigenvalue weighted by molar-refractivity contribution is 7.89. The first kappa shape index (κ1) is 14.6. The molecule has 2 aliphatic rings. The molecule has 2 fully saturated rings. The number of rotatable bonds is 3. The molecule has 0 saturated carbocycles. The maximum atomic E-state index is 12.4. The van der Waals surface area contributed by atoms with E-state index >= 15 is 0 Å². The van der Waals surface area contributed by atoms with Crippen LogP contribution in [0.25, 0.3) is 0 Å². The van der Waals surface area contributed by atoms with Crippen molar-refractivity contribution in [1.29, 1.82) is 0 Å². The Morgan fingerprint density at radius 3 is 2.33 bits per heavy atom. The van der Waals surface area contributed by atoms with Crippen LogP contribution in [-0.2, 0) is 10.0 Å². The summed E-state index contributed by atoms with van der Waals surface area (Å²) in [6.07, 6.45) is -4.93. The van der Waals surface area contributed by atoms with E-state index in [9.17, 15) is 21.6 Å². The van der Waals surface area contributed by atoms with Crippen molar-refractivity contribution in [3.05, 3.63) is 24.3 Å². The summed E-state index contributed by atoms with van der Waals surface area (Å²) in [5, 5.41) is 3.06. The lowest BCUT2D eigenvalue weighted by atomic mass is 9.76. The first-order chi connectivity index (χ1) is 9.72. The number of sulfonamides is 1. The largest absolute Gasteiger partial charge is 0.573 e. The normalized spacial score (nSPS) is 21.7. The van der Waals surface area contributed by atoms with Crippen molar-refractivity contribution in [2.24, 2.45) is 5.41 Å². The van der Waals surface area contributed by atoms with E-state index in [0.29, 0.717) is 13.1 Å².